The molecule has 0 radical (unpaired) electrons. The molecule has 0 aliphatic carbocycles. The lowest BCUT2D eigenvalue weighted by molar-refractivity contribution is 0.0958. The summed E-state index contributed by atoms with van der Waals surface area (Å²) in [5.74, 6) is 1.26. The molecule has 0 fully saturated rings. The number of aromatic amines is 1. The summed E-state index contributed by atoms with van der Waals surface area (Å²) in [5.41, 5.74) is 3.29. The zero-order valence-electron chi connectivity index (χ0n) is 17.1. The van der Waals surface area contributed by atoms with Crippen molar-refractivity contribution in [2.75, 3.05) is 18.4 Å². The van der Waals surface area contributed by atoms with Gasteiger partial charge in [0.1, 0.15) is 0 Å². The van der Waals surface area contributed by atoms with Gasteiger partial charge in [-0.1, -0.05) is 24.3 Å². The number of carbonyl (C=O) groups excluding carboxylic acids is 1. The maximum Gasteiger partial charge on any atom is 0.251 e. The molecule has 31 heavy (non-hydrogen) atoms. The second kappa shape index (κ2) is 9.53. The highest BCUT2D eigenvalue weighted by molar-refractivity contribution is 6.46. The normalized spacial score (nSPS) is 15.5. The van der Waals surface area contributed by atoms with Crippen LogP contribution in [-0.4, -0.2) is 45.8 Å². The summed E-state index contributed by atoms with van der Waals surface area (Å²) in [6.07, 6.45) is 16.8. The number of benzene rings is 1. The third kappa shape index (κ3) is 4.69. The summed E-state index contributed by atoms with van der Waals surface area (Å²) in [5, 5.41) is 13.0. The van der Waals surface area contributed by atoms with E-state index in [9.17, 15) is 4.79 Å². The summed E-state index contributed by atoms with van der Waals surface area (Å²) >= 11 is 0. The highest BCUT2D eigenvalue weighted by Crippen LogP contribution is 2.25. The van der Waals surface area contributed by atoms with Gasteiger partial charge in [0.25, 0.3) is 5.91 Å². The number of aromatic nitrogens is 2. The van der Waals surface area contributed by atoms with Gasteiger partial charge in [-0.15, -0.1) is 0 Å². The number of amidine groups is 2. The van der Waals surface area contributed by atoms with Crippen LogP contribution in [0.2, 0.25) is 0 Å². The Balaban J connectivity index is 1.45. The Morgan fingerprint density at radius 2 is 2.10 bits per heavy atom. The van der Waals surface area contributed by atoms with Crippen LogP contribution in [0.15, 0.2) is 89.4 Å². The maximum atomic E-state index is 12.3. The number of aliphatic imine (C=N–C) groups is 2. The van der Waals surface area contributed by atoms with Crippen molar-refractivity contribution < 1.29 is 4.79 Å². The number of nitrogens with zero attached hydrogens (tertiary/aromatic N) is 4. The van der Waals surface area contributed by atoms with Gasteiger partial charge in [0.15, 0.2) is 11.7 Å². The van der Waals surface area contributed by atoms with E-state index in [4.69, 9.17) is 0 Å². The van der Waals surface area contributed by atoms with Crippen molar-refractivity contribution >= 4 is 29.0 Å². The van der Waals surface area contributed by atoms with Crippen LogP contribution in [0.5, 0.6) is 0 Å². The van der Waals surface area contributed by atoms with Crippen LogP contribution in [0.3, 0.4) is 0 Å². The summed E-state index contributed by atoms with van der Waals surface area (Å²) in [6.45, 7) is 3.12. The Kier molecular flexibility index (Phi) is 6.18. The van der Waals surface area contributed by atoms with Crippen LogP contribution in [0, 0.1) is 0 Å². The predicted molar refractivity (Wildman–Crippen MR) is 124 cm³/mol. The summed E-state index contributed by atoms with van der Waals surface area (Å²) in [4.78, 5) is 23.4. The number of nitrogens with one attached hydrogen (secondary N) is 3. The maximum absolute atomic E-state index is 12.3. The summed E-state index contributed by atoms with van der Waals surface area (Å²) in [7, 11) is 0. The molecular formula is C23H23N7O. The average molecular weight is 413 g/mol. The van der Waals surface area contributed by atoms with Crippen molar-refractivity contribution in [1.29, 1.82) is 0 Å². The van der Waals surface area contributed by atoms with Gasteiger partial charge in [-0.25, -0.2) is 9.98 Å². The number of allylic oxidation sites excluding steroid dienone is 3. The quantitative estimate of drug-likeness (QED) is 0.633. The first-order valence-electron chi connectivity index (χ1n) is 9.97. The molecule has 4 rings (SSSR count). The zero-order valence-corrected chi connectivity index (χ0v) is 17.1. The third-order valence-corrected chi connectivity index (χ3v) is 4.69. The molecule has 8 nitrogen and oxygen atoms in total. The van der Waals surface area contributed by atoms with E-state index in [-0.39, 0.29) is 5.91 Å². The Bertz CT molecular complexity index is 1100. The van der Waals surface area contributed by atoms with Gasteiger partial charge < -0.3 is 15.5 Å². The van der Waals surface area contributed by atoms with Gasteiger partial charge in [-0.3, -0.25) is 9.89 Å². The smallest absolute Gasteiger partial charge is 0.251 e. The number of anilines is 1. The van der Waals surface area contributed by atoms with Crippen molar-refractivity contribution in [2.45, 2.75) is 6.92 Å². The molecule has 0 saturated carbocycles. The molecule has 2 aromatic rings. The van der Waals surface area contributed by atoms with E-state index in [1.807, 2.05) is 55.6 Å². The number of amides is 1. The van der Waals surface area contributed by atoms with Crippen molar-refractivity contribution in [3.05, 3.63) is 90.6 Å². The Hall–Kier alpha value is -4.20. The van der Waals surface area contributed by atoms with E-state index < -0.39 is 0 Å². The minimum absolute atomic E-state index is 0.118. The lowest BCUT2D eigenvalue weighted by Gasteiger charge is -2.31. The molecular weight excluding hydrogens is 390 g/mol. The van der Waals surface area contributed by atoms with Crippen LogP contribution >= 0.6 is 0 Å². The molecule has 0 atom stereocenters. The first-order valence-corrected chi connectivity index (χ1v) is 9.97. The molecule has 3 N–H and O–H groups in total. The topological polar surface area (TPSA) is 97.8 Å². The lowest BCUT2D eigenvalue weighted by atomic mass is 10.1. The number of hydrogen-bond acceptors (Lipinski definition) is 6. The van der Waals surface area contributed by atoms with Gasteiger partial charge in [0.05, 0.1) is 18.1 Å². The van der Waals surface area contributed by atoms with E-state index in [1.54, 1.807) is 30.7 Å². The fourth-order valence-corrected chi connectivity index (χ4v) is 3.15. The van der Waals surface area contributed by atoms with Gasteiger partial charge in [0, 0.05) is 42.3 Å². The predicted octanol–water partition coefficient (Wildman–Crippen LogP) is 3.32. The molecule has 2 aliphatic rings. The Morgan fingerprint density at radius 1 is 1.23 bits per heavy atom. The molecule has 0 unspecified atom stereocenters. The SMILES string of the molecule is C/C=C\C=C/CNC(=O)c1ccc(NC2=NC=C(c3cn[nH]c3)N3CC=CN=C23)cc1. The average Bonchev–Trinajstić information content (AvgIpc) is 3.34. The minimum Gasteiger partial charge on any atom is -0.349 e. The van der Waals surface area contributed by atoms with Gasteiger partial charge in [-0.2, -0.15) is 5.10 Å². The lowest BCUT2D eigenvalue weighted by Crippen LogP contribution is -2.42. The largest absolute Gasteiger partial charge is 0.349 e. The highest BCUT2D eigenvalue weighted by Gasteiger charge is 2.26. The fourth-order valence-electron chi connectivity index (χ4n) is 3.15. The molecule has 2 aliphatic heterocycles. The molecule has 3 heterocycles. The fraction of sp³-hybridized carbons (Fsp3) is 0.130. The highest BCUT2D eigenvalue weighted by atomic mass is 16.1. The van der Waals surface area contributed by atoms with Crippen LogP contribution in [0.1, 0.15) is 22.8 Å². The van der Waals surface area contributed by atoms with E-state index in [1.165, 1.54) is 0 Å². The van der Waals surface area contributed by atoms with Crippen molar-refractivity contribution in [1.82, 2.24) is 20.4 Å². The number of carbonyl (C=O) groups is 1. The molecule has 0 spiro atoms. The van der Waals surface area contributed by atoms with Crippen molar-refractivity contribution in [3.63, 3.8) is 0 Å². The Morgan fingerprint density at radius 3 is 2.87 bits per heavy atom. The van der Waals surface area contributed by atoms with E-state index in [2.05, 4.69) is 35.7 Å². The number of fused-ring (bicyclic) bond motifs is 1. The summed E-state index contributed by atoms with van der Waals surface area (Å²) < 4.78 is 0. The Labute approximate surface area is 180 Å². The second-order valence-electron chi connectivity index (χ2n) is 6.79. The van der Waals surface area contributed by atoms with Crippen LogP contribution in [-0.2, 0) is 0 Å². The molecule has 1 aromatic heterocycles. The van der Waals surface area contributed by atoms with Crippen molar-refractivity contribution in [2.24, 2.45) is 9.98 Å². The monoisotopic (exact) mass is 413 g/mol. The molecule has 0 saturated heterocycles. The zero-order chi connectivity index (χ0) is 21.5. The molecule has 156 valence electrons. The van der Waals surface area contributed by atoms with Crippen LogP contribution in [0.4, 0.5) is 5.69 Å². The van der Waals surface area contributed by atoms with Crippen molar-refractivity contribution in [3.8, 4) is 0 Å². The van der Waals surface area contributed by atoms with Crippen LogP contribution < -0.4 is 10.6 Å². The number of hydrogen-bond donors (Lipinski definition) is 3. The first kappa shape index (κ1) is 20.1. The summed E-state index contributed by atoms with van der Waals surface area (Å²) in [6, 6.07) is 7.27. The van der Waals surface area contributed by atoms with E-state index in [0.717, 1.165) is 22.8 Å². The second-order valence-corrected chi connectivity index (χ2v) is 6.79. The van der Waals surface area contributed by atoms with Crippen LogP contribution in [0.25, 0.3) is 5.70 Å². The molecule has 1 amide bonds. The van der Waals surface area contributed by atoms with Gasteiger partial charge in [0.2, 0.25) is 0 Å². The first-order chi connectivity index (χ1) is 15.3. The number of H-pyrrole nitrogens is 1. The van der Waals surface area contributed by atoms with E-state index in [0.29, 0.717) is 24.5 Å². The molecule has 0 bridgehead atoms. The number of rotatable bonds is 6. The van der Waals surface area contributed by atoms with E-state index >= 15 is 0 Å². The van der Waals surface area contributed by atoms with Gasteiger partial charge >= 0.3 is 0 Å². The van der Waals surface area contributed by atoms with Gasteiger partial charge in [-0.05, 0) is 37.3 Å². The molecule has 1 aromatic carbocycles. The molecule has 8 heteroatoms. The third-order valence-electron chi connectivity index (χ3n) is 4.69. The minimum atomic E-state index is -0.118. The standard InChI is InChI=1S/C23H23N7O/c1-2-3-4-5-11-25-23(31)17-7-9-19(10-8-17)29-21-22-24-12-6-13-30(22)20(16-26-21)18-14-27-28-15-18/h2-10,12,14-16H,11,13H2,1H3,(H,25,31)(H,26,29)(H,27,28)/b3-2-,5-4-.